The van der Waals surface area contributed by atoms with Gasteiger partial charge in [-0.25, -0.2) is 0 Å². The van der Waals surface area contributed by atoms with E-state index in [-0.39, 0.29) is 30.8 Å². The minimum atomic E-state index is -0.676. The van der Waals surface area contributed by atoms with Gasteiger partial charge in [-0.15, -0.1) is 0 Å². The first-order valence-electron chi connectivity index (χ1n) is 10.6. The lowest BCUT2D eigenvalue weighted by atomic mass is 9.75. The molecule has 3 rings (SSSR count). The van der Waals surface area contributed by atoms with E-state index in [0.29, 0.717) is 17.4 Å². The number of hydrogen-bond acceptors (Lipinski definition) is 6. The second kappa shape index (κ2) is 9.21. The third kappa shape index (κ3) is 5.43. The normalized spacial score (nSPS) is 25.8. The number of fused-ring (bicyclic) bond motifs is 3. The van der Waals surface area contributed by atoms with Crippen LogP contribution in [-0.4, -0.2) is 67.8 Å². The Kier molecular flexibility index (Phi) is 7.10. The van der Waals surface area contributed by atoms with E-state index < -0.39 is 6.10 Å². The van der Waals surface area contributed by atoms with E-state index in [1.807, 2.05) is 6.07 Å². The molecule has 29 heavy (non-hydrogen) atoms. The molecule has 2 aliphatic rings. The molecule has 0 aliphatic carbocycles. The minimum Gasteiger partial charge on any atom is -0.493 e. The summed E-state index contributed by atoms with van der Waals surface area (Å²) in [6, 6.07) is 4.31. The second-order valence-electron chi connectivity index (χ2n) is 9.71. The SMILES string of the molecule is COC[C@H](O)COc1cc2c(cc1OC)[C@H]1C[C@@H](O)[C@H](CC(C)(C)C)CN1CC2. The van der Waals surface area contributed by atoms with Crippen LogP contribution in [-0.2, 0) is 11.2 Å². The van der Waals surface area contributed by atoms with E-state index in [1.54, 1.807) is 14.2 Å². The van der Waals surface area contributed by atoms with Crippen LogP contribution in [0.5, 0.6) is 11.5 Å². The smallest absolute Gasteiger partial charge is 0.161 e. The predicted molar refractivity (Wildman–Crippen MR) is 113 cm³/mol. The Morgan fingerprint density at radius 1 is 1.17 bits per heavy atom. The zero-order valence-corrected chi connectivity index (χ0v) is 18.5. The summed E-state index contributed by atoms with van der Waals surface area (Å²) >= 11 is 0. The summed E-state index contributed by atoms with van der Waals surface area (Å²) in [5.41, 5.74) is 2.69. The lowest BCUT2D eigenvalue weighted by molar-refractivity contribution is -0.0259. The molecule has 0 aromatic heterocycles. The van der Waals surface area contributed by atoms with Gasteiger partial charge in [0.15, 0.2) is 11.5 Å². The van der Waals surface area contributed by atoms with Gasteiger partial charge in [-0.1, -0.05) is 20.8 Å². The van der Waals surface area contributed by atoms with Gasteiger partial charge in [0.25, 0.3) is 0 Å². The summed E-state index contributed by atoms with van der Waals surface area (Å²) in [6.45, 7) is 9.05. The number of hydrogen-bond donors (Lipinski definition) is 2. The maximum atomic E-state index is 10.9. The van der Waals surface area contributed by atoms with Gasteiger partial charge >= 0.3 is 0 Å². The summed E-state index contributed by atoms with van der Waals surface area (Å²) in [7, 11) is 3.19. The maximum Gasteiger partial charge on any atom is 0.161 e. The molecule has 0 saturated carbocycles. The number of nitrogens with zero attached hydrogens (tertiary/aromatic N) is 1. The quantitative estimate of drug-likeness (QED) is 0.724. The number of piperidine rings is 1. The first-order chi connectivity index (χ1) is 13.7. The molecule has 0 spiro atoms. The van der Waals surface area contributed by atoms with Gasteiger partial charge in [0.2, 0.25) is 0 Å². The van der Waals surface area contributed by atoms with Crippen LogP contribution < -0.4 is 9.47 Å². The maximum absolute atomic E-state index is 10.9. The summed E-state index contributed by atoms with van der Waals surface area (Å²) in [5.74, 6) is 1.64. The van der Waals surface area contributed by atoms with Gasteiger partial charge in [-0.2, -0.15) is 0 Å². The molecule has 0 amide bonds. The summed E-state index contributed by atoms with van der Waals surface area (Å²) in [5, 5.41) is 20.7. The molecule has 164 valence electrons. The third-order valence-electron chi connectivity index (χ3n) is 6.04. The number of benzene rings is 1. The van der Waals surface area contributed by atoms with E-state index in [9.17, 15) is 10.2 Å². The van der Waals surface area contributed by atoms with E-state index >= 15 is 0 Å². The number of aliphatic hydroxyl groups excluding tert-OH is 2. The fourth-order valence-electron chi connectivity index (χ4n) is 4.79. The van der Waals surface area contributed by atoms with Crippen LogP contribution in [0.15, 0.2) is 12.1 Å². The van der Waals surface area contributed by atoms with Gasteiger partial charge < -0.3 is 24.4 Å². The average molecular weight is 408 g/mol. The van der Waals surface area contributed by atoms with Crippen LogP contribution in [0.3, 0.4) is 0 Å². The summed E-state index contributed by atoms with van der Waals surface area (Å²) in [6.07, 6.45) is 1.77. The van der Waals surface area contributed by atoms with Crippen molar-refractivity contribution in [1.29, 1.82) is 0 Å². The van der Waals surface area contributed by atoms with Crippen LogP contribution in [0.4, 0.5) is 0 Å². The van der Waals surface area contributed by atoms with Crippen molar-refractivity contribution < 1.29 is 24.4 Å². The molecular weight excluding hydrogens is 370 g/mol. The summed E-state index contributed by atoms with van der Waals surface area (Å²) < 4.78 is 16.4. The fraction of sp³-hybridized carbons (Fsp3) is 0.739. The van der Waals surface area contributed by atoms with Crippen molar-refractivity contribution in [3.05, 3.63) is 23.3 Å². The van der Waals surface area contributed by atoms with Gasteiger partial charge in [-0.05, 0) is 53.9 Å². The highest BCUT2D eigenvalue weighted by Crippen LogP contribution is 2.44. The lowest BCUT2D eigenvalue weighted by Gasteiger charge is -2.47. The first kappa shape index (κ1) is 22.3. The largest absolute Gasteiger partial charge is 0.493 e. The first-order valence-corrected chi connectivity index (χ1v) is 10.6. The summed E-state index contributed by atoms with van der Waals surface area (Å²) in [4.78, 5) is 2.52. The number of ether oxygens (including phenoxy) is 3. The van der Waals surface area contributed by atoms with Gasteiger partial charge in [0, 0.05) is 26.2 Å². The molecule has 2 heterocycles. The molecule has 1 aromatic carbocycles. The van der Waals surface area contributed by atoms with E-state index in [4.69, 9.17) is 14.2 Å². The molecule has 6 nitrogen and oxygen atoms in total. The van der Waals surface area contributed by atoms with E-state index in [0.717, 1.165) is 32.4 Å². The Bertz CT molecular complexity index is 687. The fourth-order valence-corrected chi connectivity index (χ4v) is 4.79. The van der Waals surface area contributed by atoms with Crippen LogP contribution >= 0.6 is 0 Å². The van der Waals surface area contributed by atoms with Crippen molar-refractivity contribution in [1.82, 2.24) is 4.90 Å². The van der Waals surface area contributed by atoms with Crippen molar-refractivity contribution in [3.8, 4) is 11.5 Å². The zero-order valence-electron chi connectivity index (χ0n) is 18.5. The highest BCUT2D eigenvalue weighted by Gasteiger charge is 2.39. The Hall–Kier alpha value is -1.34. The van der Waals surface area contributed by atoms with Gasteiger partial charge in [0.1, 0.15) is 12.7 Å². The Morgan fingerprint density at radius 2 is 1.93 bits per heavy atom. The highest BCUT2D eigenvalue weighted by molar-refractivity contribution is 5.49. The predicted octanol–water partition coefficient (Wildman–Crippen LogP) is 2.80. The van der Waals surface area contributed by atoms with E-state index in [2.05, 4.69) is 31.7 Å². The molecule has 1 aromatic rings. The van der Waals surface area contributed by atoms with Crippen molar-refractivity contribution in [2.45, 2.75) is 58.3 Å². The minimum absolute atomic E-state index is 0.158. The van der Waals surface area contributed by atoms with Crippen LogP contribution in [0.1, 0.15) is 50.8 Å². The van der Waals surface area contributed by atoms with Crippen molar-refractivity contribution in [3.63, 3.8) is 0 Å². The zero-order chi connectivity index (χ0) is 21.2. The molecule has 0 unspecified atom stereocenters. The van der Waals surface area contributed by atoms with E-state index in [1.165, 1.54) is 11.1 Å². The Morgan fingerprint density at radius 3 is 2.59 bits per heavy atom. The van der Waals surface area contributed by atoms with Crippen LogP contribution in [0.25, 0.3) is 0 Å². The third-order valence-corrected chi connectivity index (χ3v) is 6.04. The van der Waals surface area contributed by atoms with Crippen molar-refractivity contribution >= 4 is 0 Å². The molecule has 2 aliphatic heterocycles. The topological polar surface area (TPSA) is 71.4 Å². The molecule has 4 atom stereocenters. The Labute approximate surface area is 174 Å². The number of rotatable bonds is 7. The highest BCUT2D eigenvalue weighted by atomic mass is 16.5. The van der Waals surface area contributed by atoms with Gasteiger partial charge in [0.05, 0.1) is 19.8 Å². The second-order valence-corrected chi connectivity index (χ2v) is 9.71. The molecule has 0 radical (unpaired) electrons. The molecular formula is C23H37NO5. The molecule has 2 N–H and O–H groups in total. The van der Waals surface area contributed by atoms with Crippen molar-refractivity contribution in [2.24, 2.45) is 11.3 Å². The van der Waals surface area contributed by atoms with Crippen molar-refractivity contribution in [2.75, 3.05) is 40.5 Å². The molecule has 1 fully saturated rings. The van der Waals surface area contributed by atoms with Crippen LogP contribution in [0.2, 0.25) is 0 Å². The molecule has 6 heteroatoms. The molecule has 0 bridgehead atoms. The van der Waals surface area contributed by atoms with Crippen LogP contribution in [0, 0.1) is 11.3 Å². The van der Waals surface area contributed by atoms with Gasteiger partial charge in [-0.3, -0.25) is 4.90 Å². The number of methoxy groups -OCH3 is 2. The molecule has 1 saturated heterocycles. The Balaban J connectivity index is 1.77. The average Bonchev–Trinajstić information content (AvgIpc) is 2.65. The number of aliphatic hydroxyl groups is 2. The standard InChI is InChI=1S/C23H37NO5/c1-23(2,3)11-16-12-24-7-6-15-8-22(29-14-17(25)13-27-4)21(28-5)9-18(15)19(24)10-20(16)26/h8-9,16-17,19-20,25-26H,6-7,10-14H2,1-5H3/t16-,17+,19-,20-/m1/s1. The lowest BCUT2D eigenvalue weighted by Crippen LogP contribution is -2.48. The monoisotopic (exact) mass is 407 g/mol.